The lowest BCUT2D eigenvalue weighted by Crippen LogP contribution is -2.10. The summed E-state index contributed by atoms with van der Waals surface area (Å²) in [5, 5.41) is 6.12. The molecule has 0 saturated carbocycles. The van der Waals surface area contributed by atoms with Crippen LogP contribution in [0.5, 0.6) is 0 Å². The van der Waals surface area contributed by atoms with Crippen LogP contribution in [0.15, 0.2) is 90.1 Å². The zero-order valence-corrected chi connectivity index (χ0v) is 18.0. The summed E-state index contributed by atoms with van der Waals surface area (Å²) >= 11 is 3.26. The van der Waals surface area contributed by atoms with Crippen LogP contribution in [0, 0.1) is 6.92 Å². The van der Waals surface area contributed by atoms with Gasteiger partial charge in [-0.2, -0.15) is 0 Å². The van der Waals surface area contributed by atoms with E-state index in [0.717, 1.165) is 15.6 Å². The molecule has 1 amide bonds. The van der Waals surface area contributed by atoms with Gasteiger partial charge >= 0.3 is 0 Å². The number of nitrogens with one attached hydrogen (secondary N) is 1. The second kappa shape index (κ2) is 7.92. The van der Waals surface area contributed by atoms with Crippen molar-refractivity contribution in [1.82, 2.24) is 5.16 Å². The minimum absolute atomic E-state index is 0.0602. The number of rotatable bonds is 5. The molecule has 0 aliphatic heterocycles. The van der Waals surface area contributed by atoms with E-state index in [0.29, 0.717) is 5.69 Å². The Kier molecular flexibility index (Phi) is 5.31. The predicted molar refractivity (Wildman–Crippen MR) is 113 cm³/mol. The van der Waals surface area contributed by atoms with Crippen molar-refractivity contribution in [1.29, 1.82) is 0 Å². The van der Waals surface area contributed by atoms with E-state index in [1.54, 1.807) is 18.2 Å². The second-order valence-electron chi connectivity index (χ2n) is 6.47. The van der Waals surface area contributed by atoms with Gasteiger partial charge < -0.3 is 8.94 Å². The van der Waals surface area contributed by atoms with Gasteiger partial charge in [0.2, 0.25) is 20.8 Å². The maximum atomic E-state index is 12.7. The average Bonchev–Trinajstić information content (AvgIpc) is 3.39. The van der Waals surface area contributed by atoms with Crippen molar-refractivity contribution in [3.8, 4) is 11.3 Å². The molecule has 0 fully saturated rings. The number of amides is 1. The number of furan rings is 1. The van der Waals surface area contributed by atoms with Gasteiger partial charge in [-0.25, -0.2) is 8.42 Å². The summed E-state index contributed by atoms with van der Waals surface area (Å²) in [5.74, 6) is -0.706. The minimum Gasteiger partial charge on any atom is -0.439 e. The van der Waals surface area contributed by atoms with E-state index in [4.69, 9.17) is 8.94 Å². The summed E-state index contributed by atoms with van der Waals surface area (Å²) in [7, 11) is -3.88. The number of aryl methyl sites for hydroxylation is 1. The fourth-order valence-corrected chi connectivity index (χ4v) is 4.12. The molecule has 0 unspecified atom stereocenters. The molecular formula is C21H15BrN2O5S. The molecule has 2 heterocycles. The highest BCUT2D eigenvalue weighted by molar-refractivity contribution is 9.10. The molecule has 0 radical (unpaired) electrons. The number of carbonyl (C=O) groups excluding carboxylic acids is 1. The molecule has 0 aliphatic carbocycles. The molecule has 152 valence electrons. The zero-order chi connectivity index (χ0) is 21.3. The first-order valence-electron chi connectivity index (χ1n) is 8.78. The van der Waals surface area contributed by atoms with Gasteiger partial charge in [-0.3, -0.25) is 10.1 Å². The summed E-state index contributed by atoms with van der Waals surface area (Å²) in [6.07, 6.45) is 0. The van der Waals surface area contributed by atoms with E-state index in [1.807, 2.05) is 31.2 Å². The van der Waals surface area contributed by atoms with E-state index in [9.17, 15) is 13.2 Å². The van der Waals surface area contributed by atoms with Crippen LogP contribution in [-0.4, -0.2) is 19.5 Å². The predicted octanol–water partition coefficient (Wildman–Crippen LogP) is 5.09. The average molecular weight is 487 g/mol. The van der Waals surface area contributed by atoms with Crippen LogP contribution in [0.25, 0.3) is 11.3 Å². The second-order valence-corrected chi connectivity index (χ2v) is 9.27. The third kappa shape index (κ3) is 4.07. The summed E-state index contributed by atoms with van der Waals surface area (Å²) in [5.41, 5.74) is 2.51. The highest BCUT2D eigenvalue weighted by Crippen LogP contribution is 2.26. The molecule has 4 rings (SSSR count). The third-order valence-corrected chi connectivity index (χ3v) is 6.46. The maximum absolute atomic E-state index is 12.7. The van der Waals surface area contributed by atoms with E-state index in [2.05, 4.69) is 26.4 Å². The van der Waals surface area contributed by atoms with E-state index >= 15 is 0 Å². The number of carbonyl (C=O) groups is 1. The minimum atomic E-state index is -3.88. The fourth-order valence-electron chi connectivity index (χ4n) is 2.68. The quantitative estimate of drug-likeness (QED) is 0.421. The summed E-state index contributed by atoms with van der Waals surface area (Å²) in [6, 6.07) is 17.9. The largest absolute Gasteiger partial charge is 0.439 e. The molecule has 0 atom stereocenters. The van der Waals surface area contributed by atoms with Crippen molar-refractivity contribution in [3.05, 3.63) is 82.5 Å². The topological polar surface area (TPSA) is 102 Å². The number of anilines is 1. The number of nitrogens with zero attached hydrogens (tertiary/aromatic N) is 1. The zero-order valence-electron chi connectivity index (χ0n) is 15.6. The van der Waals surface area contributed by atoms with Crippen LogP contribution in [-0.2, 0) is 9.84 Å². The smallest absolute Gasteiger partial charge is 0.293 e. The fraction of sp³-hybridized carbons (Fsp3) is 0.0476. The Morgan fingerprint density at radius 1 is 1.00 bits per heavy atom. The van der Waals surface area contributed by atoms with E-state index in [1.165, 1.54) is 24.3 Å². The Bertz CT molecular complexity index is 1310. The Morgan fingerprint density at radius 3 is 2.40 bits per heavy atom. The van der Waals surface area contributed by atoms with Crippen LogP contribution in [0.4, 0.5) is 5.88 Å². The number of benzene rings is 2. The van der Waals surface area contributed by atoms with Crippen molar-refractivity contribution in [3.63, 3.8) is 0 Å². The molecule has 30 heavy (non-hydrogen) atoms. The first-order valence-corrected chi connectivity index (χ1v) is 11.1. The lowest BCUT2D eigenvalue weighted by atomic mass is 10.1. The van der Waals surface area contributed by atoms with Gasteiger partial charge in [0.05, 0.1) is 4.90 Å². The molecule has 4 aromatic rings. The number of sulfone groups is 1. The standard InChI is InChI=1S/C21H15BrN2O5S/c1-13-2-4-14(5-3-13)17-12-19(29-24-17)23-21(25)18-10-11-20(28-18)30(26,27)16-8-6-15(22)7-9-16/h2-12H,1H3,(H,23,25). The normalized spacial score (nSPS) is 11.4. The van der Waals surface area contributed by atoms with Crippen LogP contribution < -0.4 is 5.32 Å². The van der Waals surface area contributed by atoms with Crippen molar-refractivity contribution >= 4 is 37.6 Å². The monoisotopic (exact) mass is 486 g/mol. The molecule has 7 nitrogen and oxygen atoms in total. The van der Waals surface area contributed by atoms with Gasteiger partial charge in [0.15, 0.2) is 5.76 Å². The van der Waals surface area contributed by atoms with Gasteiger partial charge in [-0.1, -0.05) is 50.9 Å². The molecule has 2 aromatic carbocycles. The van der Waals surface area contributed by atoms with Crippen LogP contribution in [0.3, 0.4) is 0 Å². The summed E-state index contributed by atoms with van der Waals surface area (Å²) in [6.45, 7) is 1.98. The van der Waals surface area contributed by atoms with Crippen molar-refractivity contribution < 1.29 is 22.2 Å². The van der Waals surface area contributed by atoms with Gasteiger partial charge in [-0.05, 0) is 43.3 Å². The van der Waals surface area contributed by atoms with E-state index < -0.39 is 15.7 Å². The van der Waals surface area contributed by atoms with Crippen molar-refractivity contribution in [2.75, 3.05) is 5.32 Å². The van der Waals surface area contributed by atoms with Gasteiger partial charge in [0.25, 0.3) is 5.91 Å². The molecule has 0 saturated heterocycles. The molecule has 0 bridgehead atoms. The summed E-state index contributed by atoms with van der Waals surface area (Å²) < 4.78 is 36.5. The SMILES string of the molecule is Cc1ccc(-c2cc(NC(=O)c3ccc(S(=O)(=O)c4ccc(Br)cc4)o3)on2)cc1. The Labute approximate surface area is 180 Å². The Balaban J connectivity index is 1.51. The molecular weight excluding hydrogens is 472 g/mol. The molecule has 0 aliphatic rings. The van der Waals surface area contributed by atoms with Crippen LogP contribution in [0.1, 0.15) is 16.1 Å². The molecule has 0 spiro atoms. The van der Waals surface area contributed by atoms with Gasteiger partial charge in [0.1, 0.15) is 5.69 Å². The van der Waals surface area contributed by atoms with Gasteiger partial charge in [-0.15, -0.1) is 0 Å². The number of hydrogen-bond donors (Lipinski definition) is 1. The Morgan fingerprint density at radius 2 is 1.70 bits per heavy atom. The molecule has 2 aromatic heterocycles. The Hall–Kier alpha value is -3.17. The molecule has 1 N–H and O–H groups in total. The third-order valence-electron chi connectivity index (χ3n) is 4.29. The van der Waals surface area contributed by atoms with Crippen molar-refractivity contribution in [2.24, 2.45) is 0 Å². The number of halogens is 1. The number of hydrogen-bond acceptors (Lipinski definition) is 6. The maximum Gasteiger partial charge on any atom is 0.293 e. The van der Waals surface area contributed by atoms with Crippen molar-refractivity contribution in [2.45, 2.75) is 16.9 Å². The number of aromatic nitrogens is 1. The first-order chi connectivity index (χ1) is 14.3. The lowest BCUT2D eigenvalue weighted by Gasteiger charge is -2.01. The highest BCUT2D eigenvalue weighted by Gasteiger charge is 2.24. The van der Waals surface area contributed by atoms with Gasteiger partial charge in [0, 0.05) is 16.1 Å². The van der Waals surface area contributed by atoms with Crippen LogP contribution in [0.2, 0.25) is 0 Å². The highest BCUT2D eigenvalue weighted by atomic mass is 79.9. The summed E-state index contributed by atoms with van der Waals surface area (Å²) in [4.78, 5) is 12.5. The first kappa shape index (κ1) is 20.1. The lowest BCUT2D eigenvalue weighted by molar-refractivity contribution is 0.0988. The molecule has 9 heteroatoms. The van der Waals surface area contributed by atoms with E-state index in [-0.39, 0.29) is 21.6 Å². The van der Waals surface area contributed by atoms with Crippen LogP contribution >= 0.6 is 15.9 Å².